The van der Waals surface area contributed by atoms with Crippen molar-refractivity contribution in [1.82, 2.24) is 0 Å². The highest BCUT2D eigenvalue weighted by molar-refractivity contribution is 5.94. The summed E-state index contributed by atoms with van der Waals surface area (Å²) in [6.45, 7) is 1.93. The van der Waals surface area contributed by atoms with Crippen molar-refractivity contribution < 1.29 is 14.3 Å². The molecule has 0 aliphatic carbocycles. The molecule has 0 unspecified atom stereocenters. The second-order valence-corrected chi connectivity index (χ2v) is 3.62. The van der Waals surface area contributed by atoms with Crippen molar-refractivity contribution in [2.24, 2.45) is 0 Å². The van der Waals surface area contributed by atoms with E-state index in [0.29, 0.717) is 0 Å². The lowest BCUT2D eigenvalue weighted by atomic mass is 10.2. The number of esters is 1. The monoisotopic (exact) mass is 266 g/mol. The smallest absolute Gasteiger partial charge is 0.339 e. The minimum atomic E-state index is -0.586. The van der Waals surface area contributed by atoms with Crippen LogP contribution in [0, 0.1) is 11.8 Å². The van der Waals surface area contributed by atoms with Crippen molar-refractivity contribution in [1.29, 1.82) is 0 Å². The summed E-state index contributed by atoms with van der Waals surface area (Å²) < 4.78 is 4.78. The Morgan fingerprint density at radius 1 is 1.25 bits per heavy atom. The third-order valence-electron chi connectivity index (χ3n) is 2.20. The number of ether oxygens (including phenoxy) is 1. The molecule has 0 saturated heterocycles. The first kappa shape index (κ1) is 15.2. The Hall–Kier alpha value is -2.82. The van der Waals surface area contributed by atoms with E-state index in [1.807, 2.05) is 36.4 Å². The lowest BCUT2D eigenvalue weighted by Crippen LogP contribution is -2.05. The van der Waals surface area contributed by atoms with E-state index in [2.05, 4.69) is 11.8 Å². The third kappa shape index (κ3) is 5.68. The van der Waals surface area contributed by atoms with Gasteiger partial charge in [-0.2, -0.15) is 0 Å². The minimum absolute atomic E-state index is 0.0856. The maximum atomic E-state index is 11.4. The molecule has 0 spiro atoms. The molecule has 0 bridgehead atoms. The summed E-state index contributed by atoms with van der Waals surface area (Å²) >= 11 is 0. The standard InChI is InChI=1S/C17H14O3/c1-2-20-17(19)16(13-14-18)12-8-4-7-11-15-9-5-3-6-10-15/h3,5-7,9-13H,2H2,1H3/b11-7+,16-12+. The van der Waals surface area contributed by atoms with Gasteiger partial charge in [-0.15, -0.1) is 0 Å². The van der Waals surface area contributed by atoms with Crippen LogP contribution in [0.25, 0.3) is 6.08 Å². The van der Waals surface area contributed by atoms with Crippen LogP contribution in [0.2, 0.25) is 0 Å². The van der Waals surface area contributed by atoms with Crippen molar-refractivity contribution in [3.63, 3.8) is 0 Å². The molecule has 1 aromatic rings. The molecule has 100 valence electrons. The second kappa shape index (κ2) is 9.16. The van der Waals surface area contributed by atoms with Crippen LogP contribution in [0.15, 0.2) is 54.1 Å². The average molecular weight is 266 g/mol. The predicted molar refractivity (Wildman–Crippen MR) is 78.2 cm³/mol. The highest BCUT2D eigenvalue weighted by atomic mass is 16.5. The molecule has 0 fully saturated rings. The third-order valence-corrected chi connectivity index (χ3v) is 2.20. The largest absolute Gasteiger partial charge is 0.462 e. The molecule has 1 rings (SSSR count). The maximum Gasteiger partial charge on any atom is 0.339 e. The molecule has 0 radical (unpaired) electrons. The maximum absolute atomic E-state index is 11.4. The summed E-state index contributed by atoms with van der Waals surface area (Å²) in [6, 6.07) is 9.70. The number of allylic oxidation sites excluding steroid dienone is 2. The first-order chi connectivity index (χ1) is 9.77. The molecular formula is C17H14O3. The first-order valence-corrected chi connectivity index (χ1v) is 6.08. The van der Waals surface area contributed by atoms with E-state index in [1.165, 1.54) is 6.08 Å². The van der Waals surface area contributed by atoms with Crippen LogP contribution >= 0.6 is 0 Å². The van der Waals surface area contributed by atoms with Gasteiger partial charge in [-0.05, 0) is 24.6 Å². The van der Waals surface area contributed by atoms with Crippen LogP contribution in [0.5, 0.6) is 0 Å². The first-order valence-electron chi connectivity index (χ1n) is 6.08. The van der Waals surface area contributed by atoms with Crippen LogP contribution in [0.4, 0.5) is 0 Å². The Morgan fingerprint density at radius 3 is 2.65 bits per heavy atom. The summed E-state index contributed by atoms with van der Waals surface area (Å²) in [6.07, 6.45) is 5.85. The van der Waals surface area contributed by atoms with Gasteiger partial charge >= 0.3 is 5.97 Å². The zero-order valence-corrected chi connectivity index (χ0v) is 11.1. The molecule has 0 aliphatic heterocycles. The van der Waals surface area contributed by atoms with Crippen molar-refractivity contribution in [2.45, 2.75) is 6.92 Å². The Bertz CT molecular complexity index is 607. The van der Waals surface area contributed by atoms with Gasteiger partial charge in [0, 0.05) is 12.2 Å². The van der Waals surface area contributed by atoms with E-state index in [-0.39, 0.29) is 12.2 Å². The summed E-state index contributed by atoms with van der Waals surface area (Å²) in [5, 5.41) is 0. The summed E-state index contributed by atoms with van der Waals surface area (Å²) in [4.78, 5) is 21.7. The van der Waals surface area contributed by atoms with Crippen LogP contribution < -0.4 is 0 Å². The fourth-order valence-corrected chi connectivity index (χ4v) is 1.31. The normalized spacial score (nSPS) is 10.3. The minimum Gasteiger partial charge on any atom is -0.462 e. The molecular weight excluding hydrogens is 252 g/mol. The number of carbonyl (C=O) groups excluding carboxylic acids is 2. The van der Waals surface area contributed by atoms with Crippen LogP contribution in [0.1, 0.15) is 12.5 Å². The van der Waals surface area contributed by atoms with Gasteiger partial charge in [-0.25, -0.2) is 9.59 Å². The summed E-state index contributed by atoms with van der Waals surface area (Å²) in [7, 11) is 0. The second-order valence-electron chi connectivity index (χ2n) is 3.62. The molecule has 0 heterocycles. The van der Waals surface area contributed by atoms with Gasteiger partial charge in [0.15, 0.2) is 0 Å². The quantitative estimate of drug-likeness (QED) is 0.276. The highest BCUT2D eigenvalue weighted by Gasteiger charge is 2.05. The van der Waals surface area contributed by atoms with Crippen LogP contribution in [-0.4, -0.2) is 18.5 Å². The zero-order chi connectivity index (χ0) is 14.6. The molecule has 0 N–H and O–H groups in total. The zero-order valence-electron chi connectivity index (χ0n) is 11.1. The van der Waals surface area contributed by atoms with Gasteiger partial charge in [0.2, 0.25) is 0 Å². The predicted octanol–water partition coefficient (Wildman–Crippen LogP) is 2.58. The van der Waals surface area contributed by atoms with Crippen molar-refractivity contribution >= 4 is 18.0 Å². The fourth-order valence-electron chi connectivity index (χ4n) is 1.31. The van der Waals surface area contributed by atoms with Gasteiger partial charge in [0.1, 0.15) is 5.94 Å². The Kier molecular flexibility index (Phi) is 6.98. The lowest BCUT2D eigenvalue weighted by Gasteiger charge is -1.98. The van der Waals surface area contributed by atoms with Crippen LogP contribution in [-0.2, 0) is 14.3 Å². The number of hydrogen-bond donors (Lipinski definition) is 0. The molecule has 3 nitrogen and oxygen atoms in total. The fraction of sp³-hybridized carbons (Fsp3) is 0.118. The molecule has 3 heteroatoms. The number of carbonyl (C=O) groups is 1. The van der Waals surface area contributed by atoms with E-state index >= 15 is 0 Å². The topological polar surface area (TPSA) is 43.4 Å². The molecule has 0 amide bonds. The van der Waals surface area contributed by atoms with Crippen LogP contribution in [0.3, 0.4) is 0 Å². The Labute approximate surface area is 118 Å². The Morgan fingerprint density at radius 2 is 2.00 bits per heavy atom. The molecule has 1 aromatic carbocycles. The molecule has 0 aromatic heterocycles. The lowest BCUT2D eigenvalue weighted by molar-refractivity contribution is -0.138. The van der Waals surface area contributed by atoms with Gasteiger partial charge in [-0.3, -0.25) is 0 Å². The van der Waals surface area contributed by atoms with E-state index in [9.17, 15) is 9.59 Å². The number of benzene rings is 1. The molecule has 0 aliphatic rings. The summed E-state index contributed by atoms with van der Waals surface area (Å²) in [5.74, 6) is 6.38. The Balaban J connectivity index is 2.74. The van der Waals surface area contributed by atoms with Crippen molar-refractivity contribution in [3.8, 4) is 11.8 Å². The van der Waals surface area contributed by atoms with Gasteiger partial charge in [0.25, 0.3) is 0 Å². The highest BCUT2D eigenvalue weighted by Crippen LogP contribution is 2.00. The summed E-state index contributed by atoms with van der Waals surface area (Å²) in [5.41, 5.74) is 1.12. The van der Waals surface area contributed by atoms with E-state index in [0.717, 1.165) is 11.6 Å². The molecule has 20 heavy (non-hydrogen) atoms. The van der Waals surface area contributed by atoms with E-state index < -0.39 is 5.97 Å². The van der Waals surface area contributed by atoms with E-state index in [1.54, 1.807) is 18.9 Å². The van der Waals surface area contributed by atoms with Gasteiger partial charge in [-0.1, -0.05) is 42.2 Å². The van der Waals surface area contributed by atoms with Gasteiger partial charge in [0.05, 0.1) is 12.2 Å². The molecule has 0 saturated carbocycles. The molecule has 0 atom stereocenters. The van der Waals surface area contributed by atoms with E-state index in [4.69, 9.17) is 4.74 Å². The van der Waals surface area contributed by atoms with Gasteiger partial charge < -0.3 is 4.74 Å². The number of rotatable bonds is 4. The SMILES string of the molecule is CCOC(=O)/C(C=C=O)=C/C#C/C=C/c1ccccc1. The van der Waals surface area contributed by atoms with Crippen molar-refractivity contribution in [2.75, 3.05) is 6.61 Å². The average Bonchev–Trinajstić information content (AvgIpc) is 2.47. The number of hydrogen-bond acceptors (Lipinski definition) is 3. The van der Waals surface area contributed by atoms with Crippen molar-refractivity contribution in [3.05, 3.63) is 59.7 Å².